The molecule has 0 saturated carbocycles. The van der Waals surface area contributed by atoms with Crippen molar-refractivity contribution in [2.24, 2.45) is 5.92 Å². The third-order valence-corrected chi connectivity index (χ3v) is 3.94. The first-order valence-corrected chi connectivity index (χ1v) is 6.97. The minimum absolute atomic E-state index is 0.144. The lowest BCUT2D eigenvalue weighted by Crippen LogP contribution is -2.34. The molecule has 0 radical (unpaired) electrons. The molecule has 4 nitrogen and oxygen atoms in total. The second-order valence-corrected chi connectivity index (χ2v) is 5.54. The van der Waals surface area contributed by atoms with Gasteiger partial charge < -0.3 is 16.4 Å². The molecule has 0 aliphatic carbocycles. The number of hydrogen-bond donors (Lipinski definition) is 2. The highest BCUT2D eigenvalue weighted by atomic mass is 16.1. The van der Waals surface area contributed by atoms with Crippen LogP contribution in [0.3, 0.4) is 0 Å². The van der Waals surface area contributed by atoms with Gasteiger partial charge in [-0.2, -0.15) is 0 Å². The maximum atomic E-state index is 12.1. The number of nitrogens with zero attached hydrogens (tertiary/aromatic N) is 1. The molecule has 4 heteroatoms. The zero-order valence-electron chi connectivity index (χ0n) is 11.6. The molecular weight excluding hydrogens is 238 g/mol. The molecule has 4 N–H and O–H groups in total. The van der Waals surface area contributed by atoms with Gasteiger partial charge in [0, 0.05) is 18.5 Å². The molecule has 0 atom stereocenters. The lowest BCUT2D eigenvalue weighted by molar-refractivity contribution is 0.0953. The summed E-state index contributed by atoms with van der Waals surface area (Å²) in [5, 5.41) is 0. The van der Waals surface area contributed by atoms with Gasteiger partial charge in [-0.25, -0.2) is 0 Å². The average molecular weight is 261 g/mol. The molecule has 1 fully saturated rings. The van der Waals surface area contributed by atoms with Crippen molar-refractivity contribution in [3.63, 3.8) is 0 Å². The van der Waals surface area contributed by atoms with E-state index in [-0.39, 0.29) is 5.78 Å². The number of ketones is 1. The number of nitrogen functional groups attached to an aromatic ring is 2. The van der Waals surface area contributed by atoms with Gasteiger partial charge in [0.2, 0.25) is 0 Å². The summed E-state index contributed by atoms with van der Waals surface area (Å²) in [5.74, 6) is 0.967. The zero-order valence-corrected chi connectivity index (χ0v) is 11.6. The van der Waals surface area contributed by atoms with Crippen LogP contribution in [-0.2, 0) is 0 Å². The van der Waals surface area contributed by atoms with Gasteiger partial charge in [0.05, 0.1) is 11.4 Å². The van der Waals surface area contributed by atoms with Gasteiger partial charge in [-0.05, 0) is 50.0 Å². The van der Waals surface area contributed by atoms with Gasteiger partial charge in [0.25, 0.3) is 0 Å². The first kappa shape index (κ1) is 13.9. The third kappa shape index (κ3) is 3.70. The van der Waals surface area contributed by atoms with Crippen LogP contribution in [0.1, 0.15) is 36.5 Å². The van der Waals surface area contributed by atoms with E-state index in [0.717, 1.165) is 25.6 Å². The van der Waals surface area contributed by atoms with E-state index in [0.29, 0.717) is 23.4 Å². The number of nitrogens with two attached hydrogens (primary N) is 2. The second-order valence-electron chi connectivity index (χ2n) is 5.54. The SMILES string of the molecule is CC1CCN(CCC(=O)c2ccc(N)c(N)c2)CC1. The lowest BCUT2D eigenvalue weighted by atomic mass is 9.98. The smallest absolute Gasteiger partial charge is 0.164 e. The van der Waals surface area contributed by atoms with E-state index >= 15 is 0 Å². The summed E-state index contributed by atoms with van der Waals surface area (Å²) in [6, 6.07) is 5.13. The fourth-order valence-corrected chi connectivity index (χ4v) is 2.44. The molecule has 0 unspecified atom stereocenters. The summed E-state index contributed by atoms with van der Waals surface area (Å²) in [5.41, 5.74) is 13.1. The van der Waals surface area contributed by atoms with Crippen LogP contribution in [0.15, 0.2) is 18.2 Å². The van der Waals surface area contributed by atoms with Crippen molar-refractivity contribution < 1.29 is 4.79 Å². The number of rotatable bonds is 4. The summed E-state index contributed by atoms with van der Waals surface area (Å²) >= 11 is 0. The molecule has 1 aromatic rings. The fourth-order valence-electron chi connectivity index (χ4n) is 2.44. The molecule has 104 valence electrons. The van der Waals surface area contributed by atoms with Crippen molar-refractivity contribution in [3.05, 3.63) is 23.8 Å². The maximum absolute atomic E-state index is 12.1. The normalized spacial score (nSPS) is 17.5. The first-order valence-electron chi connectivity index (χ1n) is 6.97. The number of Topliss-reactive ketones (excluding diaryl/α,β-unsaturated/α-hetero) is 1. The molecule has 1 aliphatic rings. The Morgan fingerprint density at radius 1 is 1.26 bits per heavy atom. The molecule has 0 bridgehead atoms. The Labute approximate surface area is 114 Å². The van der Waals surface area contributed by atoms with Gasteiger partial charge in [-0.1, -0.05) is 6.92 Å². The van der Waals surface area contributed by atoms with Gasteiger partial charge in [0.15, 0.2) is 5.78 Å². The number of benzene rings is 1. The van der Waals surface area contributed by atoms with Crippen molar-refractivity contribution in [2.45, 2.75) is 26.2 Å². The highest BCUT2D eigenvalue weighted by molar-refractivity contribution is 5.97. The van der Waals surface area contributed by atoms with Crippen LogP contribution in [0.2, 0.25) is 0 Å². The number of piperidine rings is 1. The molecular formula is C15H23N3O. The van der Waals surface area contributed by atoms with E-state index in [4.69, 9.17) is 11.5 Å². The third-order valence-electron chi connectivity index (χ3n) is 3.94. The zero-order chi connectivity index (χ0) is 13.8. The fraction of sp³-hybridized carbons (Fsp3) is 0.533. The van der Waals surface area contributed by atoms with E-state index in [1.807, 2.05) is 0 Å². The Morgan fingerprint density at radius 2 is 1.95 bits per heavy atom. The Hall–Kier alpha value is -1.55. The van der Waals surface area contributed by atoms with E-state index < -0.39 is 0 Å². The van der Waals surface area contributed by atoms with Crippen molar-refractivity contribution >= 4 is 17.2 Å². The van der Waals surface area contributed by atoms with Crippen LogP contribution in [-0.4, -0.2) is 30.3 Å². The molecule has 19 heavy (non-hydrogen) atoms. The Kier molecular flexibility index (Phi) is 4.43. The van der Waals surface area contributed by atoms with E-state index in [9.17, 15) is 4.79 Å². The first-order chi connectivity index (χ1) is 9.06. The maximum Gasteiger partial charge on any atom is 0.164 e. The van der Waals surface area contributed by atoms with Crippen molar-refractivity contribution in [1.29, 1.82) is 0 Å². The Bertz CT molecular complexity index is 451. The summed E-state index contributed by atoms with van der Waals surface area (Å²) in [4.78, 5) is 14.5. The minimum atomic E-state index is 0.144. The van der Waals surface area contributed by atoms with Gasteiger partial charge in [0.1, 0.15) is 0 Å². The van der Waals surface area contributed by atoms with E-state index in [1.165, 1.54) is 12.8 Å². The molecule has 1 aromatic carbocycles. The standard InChI is InChI=1S/C15H23N3O/c1-11-4-7-18(8-5-11)9-6-15(19)12-2-3-13(16)14(17)10-12/h2-3,10-11H,4-9,16-17H2,1H3. The van der Waals surface area contributed by atoms with E-state index in [1.54, 1.807) is 18.2 Å². The van der Waals surface area contributed by atoms with Crippen LogP contribution in [0.25, 0.3) is 0 Å². The Morgan fingerprint density at radius 3 is 2.58 bits per heavy atom. The van der Waals surface area contributed by atoms with Crippen LogP contribution in [0.5, 0.6) is 0 Å². The van der Waals surface area contributed by atoms with Gasteiger partial charge >= 0.3 is 0 Å². The largest absolute Gasteiger partial charge is 0.397 e. The predicted molar refractivity (Wildman–Crippen MR) is 79.1 cm³/mol. The van der Waals surface area contributed by atoms with Gasteiger partial charge in [-0.3, -0.25) is 4.79 Å². The summed E-state index contributed by atoms with van der Waals surface area (Å²) < 4.78 is 0. The topological polar surface area (TPSA) is 72.3 Å². The predicted octanol–water partition coefficient (Wildman–Crippen LogP) is 2.16. The number of likely N-dealkylation sites (tertiary alicyclic amines) is 1. The van der Waals surface area contributed by atoms with Gasteiger partial charge in [-0.15, -0.1) is 0 Å². The molecule has 0 amide bonds. The number of anilines is 2. The number of carbonyl (C=O) groups excluding carboxylic acids is 1. The lowest BCUT2D eigenvalue weighted by Gasteiger charge is -2.29. The van der Waals surface area contributed by atoms with Crippen LogP contribution in [0, 0.1) is 5.92 Å². The highest BCUT2D eigenvalue weighted by Crippen LogP contribution is 2.19. The van der Waals surface area contributed by atoms with Crippen molar-refractivity contribution in [2.75, 3.05) is 31.1 Å². The molecule has 1 aliphatic heterocycles. The van der Waals surface area contributed by atoms with Crippen LogP contribution in [0.4, 0.5) is 11.4 Å². The Balaban J connectivity index is 1.85. The molecule has 1 saturated heterocycles. The monoisotopic (exact) mass is 261 g/mol. The van der Waals surface area contributed by atoms with Crippen molar-refractivity contribution in [1.82, 2.24) is 4.90 Å². The summed E-state index contributed by atoms with van der Waals surface area (Å²) in [7, 11) is 0. The summed E-state index contributed by atoms with van der Waals surface area (Å²) in [6.07, 6.45) is 3.03. The number of carbonyl (C=O) groups is 1. The average Bonchev–Trinajstić information content (AvgIpc) is 2.41. The quantitative estimate of drug-likeness (QED) is 0.643. The van der Waals surface area contributed by atoms with Crippen molar-refractivity contribution in [3.8, 4) is 0 Å². The molecule has 0 aromatic heterocycles. The van der Waals surface area contributed by atoms with Crippen LogP contribution < -0.4 is 11.5 Å². The molecule has 0 spiro atoms. The summed E-state index contributed by atoms with van der Waals surface area (Å²) in [6.45, 7) is 5.35. The van der Waals surface area contributed by atoms with Crippen LogP contribution >= 0.6 is 0 Å². The molecule has 1 heterocycles. The number of hydrogen-bond acceptors (Lipinski definition) is 4. The van der Waals surface area contributed by atoms with E-state index in [2.05, 4.69) is 11.8 Å². The highest BCUT2D eigenvalue weighted by Gasteiger charge is 2.16. The second kappa shape index (κ2) is 6.06. The minimum Gasteiger partial charge on any atom is -0.397 e. The molecule has 2 rings (SSSR count).